The van der Waals surface area contributed by atoms with E-state index < -0.39 is 0 Å². The summed E-state index contributed by atoms with van der Waals surface area (Å²) in [6.07, 6.45) is 1.84. The van der Waals surface area contributed by atoms with Crippen LogP contribution in [0.1, 0.15) is 38.6 Å². The monoisotopic (exact) mass is 380 g/mol. The van der Waals surface area contributed by atoms with Gasteiger partial charge in [0.2, 0.25) is 0 Å². The Balaban J connectivity index is 2.10. The van der Waals surface area contributed by atoms with Crippen LogP contribution in [0.5, 0.6) is 0 Å². The number of rotatable bonds is 6. The van der Waals surface area contributed by atoms with Gasteiger partial charge in [0.25, 0.3) is 5.56 Å². The highest BCUT2D eigenvalue weighted by molar-refractivity contribution is 6.31. The maximum Gasteiger partial charge on any atom is 0.261 e. The Hall–Kier alpha value is -1.50. The van der Waals surface area contributed by atoms with E-state index in [1.165, 1.54) is 0 Å². The third kappa shape index (κ3) is 3.77. The van der Waals surface area contributed by atoms with Crippen LogP contribution in [0.3, 0.4) is 0 Å². The van der Waals surface area contributed by atoms with Crippen molar-refractivity contribution < 1.29 is 4.39 Å². The highest BCUT2D eigenvalue weighted by Crippen LogP contribution is 2.27. The van der Waals surface area contributed by atoms with Gasteiger partial charge >= 0.3 is 0 Å². The molecule has 1 fully saturated rings. The van der Waals surface area contributed by atoms with Crippen molar-refractivity contribution in [1.29, 1.82) is 0 Å². The second-order valence-electron chi connectivity index (χ2n) is 6.79. The van der Waals surface area contributed by atoms with Crippen LogP contribution in [0.15, 0.2) is 23.0 Å². The molecule has 26 heavy (non-hydrogen) atoms. The molecular formula is C19H26ClFN4O. The molecule has 0 aliphatic carbocycles. The van der Waals surface area contributed by atoms with Crippen LogP contribution in [0.2, 0.25) is 5.02 Å². The van der Waals surface area contributed by atoms with E-state index in [4.69, 9.17) is 16.6 Å². The quantitative estimate of drug-likeness (QED) is 0.836. The van der Waals surface area contributed by atoms with Crippen molar-refractivity contribution in [2.24, 2.45) is 0 Å². The molecule has 2 heterocycles. The molecule has 0 bridgehead atoms. The molecule has 1 saturated heterocycles. The molecule has 3 rings (SSSR count). The molecule has 1 aromatic heterocycles. The minimum absolute atomic E-state index is 0.00359. The predicted molar refractivity (Wildman–Crippen MR) is 104 cm³/mol. The van der Waals surface area contributed by atoms with Gasteiger partial charge in [-0.2, -0.15) is 0 Å². The van der Waals surface area contributed by atoms with Gasteiger partial charge in [0.1, 0.15) is 12.5 Å². The average molecular weight is 381 g/mol. The lowest BCUT2D eigenvalue weighted by molar-refractivity contribution is 0.117. The van der Waals surface area contributed by atoms with Crippen LogP contribution >= 0.6 is 11.6 Å². The molecule has 1 N–H and O–H groups in total. The van der Waals surface area contributed by atoms with E-state index in [2.05, 4.69) is 17.1 Å². The lowest BCUT2D eigenvalue weighted by Crippen LogP contribution is -2.53. The number of halogens is 2. The summed E-state index contributed by atoms with van der Waals surface area (Å²) < 4.78 is 14.9. The van der Waals surface area contributed by atoms with Gasteiger partial charge in [-0.1, -0.05) is 24.9 Å². The van der Waals surface area contributed by atoms with Crippen LogP contribution in [-0.4, -0.2) is 46.8 Å². The summed E-state index contributed by atoms with van der Waals surface area (Å²) >= 11 is 6.07. The van der Waals surface area contributed by atoms with E-state index in [0.717, 1.165) is 31.8 Å². The number of hydrogen-bond donors (Lipinski definition) is 1. The predicted octanol–water partition coefficient (Wildman–Crippen LogP) is 3.15. The first-order chi connectivity index (χ1) is 12.6. The molecule has 1 aliphatic rings. The Labute approximate surface area is 158 Å². The second-order valence-corrected chi connectivity index (χ2v) is 7.22. The van der Waals surface area contributed by atoms with Gasteiger partial charge in [0, 0.05) is 37.2 Å². The summed E-state index contributed by atoms with van der Waals surface area (Å²) in [6, 6.07) is 5.08. The number of alkyl halides is 1. The first kappa shape index (κ1) is 19.3. The zero-order valence-electron chi connectivity index (χ0n) is 15.3. The maximum absolute atomic E-state index is 13.2. The number of hydrogen-bond acceptors (Lipinski definition) is 4. The average Bonchev–Trinajstić information content (AvgIpc) is 2.66. The molecule has 0 amide bonds. The Morgan fingerprint density at radius 1 is 1.42 bits per heavy atom. The summed E-state index contributed by atoms with van der Waals surface area (Å²) in [4.78, 5) is 20.1. The smallest absolute Gasteiger partial charge is 0.261 e. The summed E-state index contributed by atoms with van der Waals surface area (Å²) in [5.41, 5.74) is 0.602. The topological polar surface area (TPSA) is 50.2 Å². The van der Waals surface area contributed by atoms with Gasteiger partial charge in [-0.3, -0.25) is 14.3 Å². The van der Waals surface area contributed by atoms with Crippen molar-refractivity contribution in [3.63, 3.8) is 0 Å². The largest absolute Gasteiger partial charge is 0.309 e. The number of aromatic nitrogens is 2. The van der Waals surface area contributed by atoms with Crippen LogP contribution in [-0.2, 0) is 6.54 Å². The van der Waals surface area contributed by atoms with Gasteiger partial charge in [-0.25, -0.2) is 9.37 Å². The fourth-order valence-electron chi connectivity index (χ4n) is 3.76. The minimum Gasteiger partial charge on any atom is -0.309 e. The third-order valence-corrected chi connectivity index (χ3v) is 5.27. The van der Waals surface area contributed by atoms with E-state index >= 15 is 0 Å². The fourth-order valence-corrected chi connectivity index (χ4v) is 3.93. The molecular weight excluding hydrogens is 355 g/mol. The van der Waals surface area contributed by atoms with E-state index in [1.54, 1.807) is 22.8 Å². The molecule has 1 aromatic carbocycles. The van der Waals surface area contributed by atoms with Crippen LogP contribution in [0.25, 0.3) is 10.9 Å². The standard InChI is InChI=1S/C19H26ClFN4O/c1-3-5-17(24-9-8-22-14(11-21)12-24)18-23-16-7-6-13(20)10-15(16)19(26)25(18)4-2/h6-7,10,14,17,22H,3-5,8-9,11-12H2,1-2H3. The molecule has 142 valence electrons. The number of benzene rings is 1. The molecule has 0 spiro atoms. The zero-order chi connectivity index (χ0) is 18.7. The molecule has 2 unspecified atom stereocenters. The van der Waals surface area contributed by atoms with E-state index in [1.807, 2.05) is 6.92 Å². The normalized spacial score (nSPS) is 19.8. The lowest BCUT2D eigenvalue weighted by Gasteiger charge is -2.38. The minimum atomic E-state index is -0.389. The molecule has 2 atom stereocenters. The van der Waals surface area contributed by atoms with Gasteiger partial charge in [-0.05, 0) is 31.5 Å². The first-order valence-electron chi connectivity index (χ1n) is 9.32. The summed E-state index contributed by atoms with van der Waals surface area (Å²) in [7, 11) is 0. The van der Waals surface area contributed by atoms with E-state index in [-0.39, 0.29) is 24.3 Å². The fraction of sp³-hybridized carbons (Fsp3) is 0.579. The summed E-state index contributed by atoms with van der Waals surface area (Å²) in [6.45, 7) is 6.42. The maximum atomic E-state index is 13.2. The Bertz CT molecular complexity index is 825. The molecule has 1 aliphatic heterocycles. The van der Waals surface area contributed by atoms with Crippen molar-refractivity contribution >= 4 is 22.5 Å². The number of piperazine rings is 1. The number of fused-ring (bicyclic) bond motifs is 1. The van der Waals surface area contributed by atoms with Crippen molar-refractivity contribution in [2.75, 3.05) is 26.3 Å². The van der Waals surface area contributed by atoms with Gasteiger partial charge < -0.3 is 5.32 Å². The van der Waals surface area contributed by atoms with Crippen LogP contribution in [0, 0.1) is 0 Å². The molecule has 7 heteroatoms. The summed E-state index contributed by atoms with van der Waals surface area (Å²) in [5.74, 6) is 0.772. The van der Waals surface area contributed by atoms with Crippen molar-refractivity contribution in [3.05, 3.63) is 39.4 Å². The Morgan fingerprint density at radius 3 is 2.92 bits per heavy atom. The Kier molecular flexibility index (Phi) is 6.27. The highest BCUT2D eigenvalue weighted by atomic mass is 35.5. The van der Waals surface area contributed by atoms with Crippen LogP contribution < -0.4 is 10.9 Å². The zero-order valence-corrected chi connectivity index (χ0v) is 16.1. The van der Waals surface area contributed by atoms with Gasteiger partial charge in [-0.15, -0.1) is 0 Å². The number of nitrogens with zero attached hydrogens (tertiary/aromatic N) is 3. The van der Waals surface area contributed by atoms with E-state index in [0.29, 0.717) is 29.0 Å². The SMILES string of the molecule is CCCC(c1nc2ccc(Cl)cc2c(=O)n1CC)N1CCNC(CF)C1. The summed E-state index contributed by atoms with van der Waals surface area (Å²) in [5, 5.41) is 4.28. The van der Waals surface area contributed by atoms with Crippen molar-refractivity contribution in [3.8, 4) is 0 Å². The molecule has 5 nitrogen and oxygen atoms in total. The lowest BCUT2D eigenvalue weighted by atomic mass is 10.1. The molecule has 2 aromatic rings. The first-order valence-corrected chi connectivity index (χ1v) is 9.70. The molecule has 0 saturated carbocycles. The highest BCUT2D eigenvalue weighted by Gasteiger charge is 2.29. The Morgan fingerprint density at radius 2 is 2.23 bits per heavy atom. The van der Waals surface area contributed by atoms with Crippen molar-refractivity contribution in [1.82, 2.24) is 19.8 Å². The van der Waals surface area contributed by atoms with Crippen molar-refractivity contribution in [2.45, 2.75) is 45.3 Å². The van der Waals surface area contributed by atoms with Gasteiger partial charge in [0.15, 0.2) is 0 Å². The third-order valence-electron chi connectivity index (χ3n) is 5.04. The second kappa shape index (κ2) is 8.46. The molecule has 0 radical (unpaired) electrons. The van der Waals surface area contributed by atoms with Gasteiger partial charge in [0.05, 0.1) is 16.9 Å². The van der Waals surface area contributed by atoms with E-state index in [9.17, 15) is 9.18 Å². The van der Waals surface area contributed by atoms with Crippen LogP contribution in [0.4, 0.5) is 4.39 Å². The number of nitrogens with one attached hydrogen (secondary N) is 1.